The monoisotopic (exact) mass is 333 g/mol. The fraction of sp³-hybridized carbons (Fsp3) is 0.562. The molecule has 0 N–H and O–H groups in total. The van der Waals surface area contributed by atoms with Crippen molar-refractivity contribution < 1.29 is 4.21 Å². The normalized spacial score (nSPS) is 20.7. The van der Waals surface area contributed by atoms with Crippen LogP contribution in [0, 0.1) is 6.92 Å². The number of imidazole rings is 1. The Morgan fingerprint density at radius 3 is 2.65 bits per heavy atom. The molecule has 1 saturated heterocycles. The maximum atomic E-state index is 12.5. The van der Waals surface area contributed by atoms with Crippen LogP contribution < -0.4 is 4.90 Å². The summed E-state index contributed by atoms with van der Waals surface area (Å²) in [6.07, 6.45) is 9.01. The van der Waals surface area contributed by atoms with Crippen molar-refractivity contribution in [3.05, 3.63) is 30.6 Å². The molecule has 1 aliphatic rings. The van der Waals surface area contributed by atoms with Crippen molar-refractivity contribution >= 4 is 16.6 Å². The molecule has 0 radical (unpaired) electrons. The molecule has 3 heterocycles. The van der Waals surface area contributed by atoms with Crippen molar-refractivity contribution in [2.45, 2.75) is 38.4 Å². The van der Waals surface area contributed by atoms with Gasteiger partial charge in [0.25, 0.3) is 0 Å². The van der Waals surface area contributed by atoms with Gasteiger partial charge in [0.2, 0.25) is 0 Å². The Hall–Kier alpha value is -1.76. The Morgan fingerprint density at radius 2 is 2.00 bits per heavy atom. The molecule has 23 heavy (non-hydrogen) atoms. The van der Waals surface area contributed by atoms with Gasteiger partial charge in [-0.15, -0.1) is 0 Å². The standard InChI is InChI=1S/C16H23N5OS/c1-4-16(5-2)12-20(8-9-23(16)22)14-10-17-11-15(19-14)21-7-6-18-13(21)3/h6-7,10-11H,4-5,8-9,12H2,1-3H3. The van der Waals surface area contributed by atoms with E-state index in [1.54, 1.807) is 18.6 Å². The first kappa shape index (κ1) is 16.1. The van der Waals surface area contributed by atoms with E-state index < -0.39 is 10.8 Å². The van der Waals surface area contributed by atoms with Crippen molar-refractivity contribution in [3.63, 3.8) is 0 Å². The third kappa shape index (κ3) is 2.89. The second-order valence-electron chi connectivity index (χ2n) is 5.94. The van der Waals surface area contributed by atoms with E-state index in [1.165, 1.54) is 0 Å². The molecule has 1 aliphatic heterocycles. The largest absolute Gasteiger partial charge is 0.353 e. The Labute approximate surface area is 139 Å². The van der Waals surface area contributed by atoms with Crippen LogP contribution in [0.5, 0.6) is 0 Å². The van der Waals surface area contributed by atoms with Gasteiger partial charge in [0, 0.05) is 42.0 Å². The topological polar surface area (TPSA) is 63.9 Å². The van der Waals surface area contributed by atoms with Crippen molar-refractivity contribution in [2.24, 2.45) is 0 Å². The van der Waals surface area contributed by atoms with Crippen LogP contribution in [0.1, 0.15) is 32.5 Å². The maximum absolute atomic E-state index is 12.5. The van der Waals surface area contributed by atoms with Gasteiger partial charge in [-0.3, -0.25) is 13.8 Å². The summed E-state index contributed by atoms with van der Waals surface area (Å²) in [6.45, 7) is 7.73. The zero-order valence-corrected chi connectivity index (χ0v) is 14.7. The Morgan fingerprint density at radius 1 is 1.26 bits per heavy atom. The highest BCUT2D eigenvalue weighted by Crippen LogP contribution is 2.30. The van der Waals surface area contributed by atoms with Crippen LogP contribution in [0.3, 0.4) is 0 Å². The minimum atomic E-state index is -0.775. The molecule has 7 heteroatoms. The number of anilines is 1. The first-order valence-corrected chi connectivity index (χ1v) is 9.37. The number of rotatable bonds is 4. The van der Waals surface area contributed by atoms with Crippen molar-refractivity contribution in [3.8, 4) is 5.82 Å². The third-order valence-corrected chi connectivity index (χ3v) is 7.03. The molecule has 2 aromatic heterocycles. The van der Waals surface area contributed by atoms with E-state index in [9.17, 15) is 4.21 Å². The number of hydrogen-bond acceptors (Lipinski definition) is 5. The van der Waals surface area contributed by atoms with Gasteiger partial charge in [-0.2, -0.15) is 0 Å². The summed E-state index contributed by atoms with van der Waals surface area (Å²) >= 11 is 0. The predicted molar refractivity (Wildman–Crippen MR) is 92.4 cm³/mol. The highest BCUT2D eigenvalue weighted by molar-refractivity contribution is 7.86. The lowest BCUT2D eigenvalue weighted by atomic mass is 10.0. The molecule has 2 aromatic rings. The second-order valence-corrected chi connectivity index (χ2v) is 7.91. The average molecular weight is 333 g/mol. The molecule has 1 atom stereocenters. The molecule has 0 aliphatic carbocycles. The SMILES string of the molecule is CCC1(CC)CN(c2cncc(-n3ccnc3C)n2)CCS1=O. The first-order chi connectivity index (χ1) is 11.1. The van der Waals surface area contributed by atoms with E-state index in [2.05, 4.69) is 28.7 Å². The molecule has 0 bridgehead atoms. The third-order valence-electron chi connectivity index (χ3n) is 4.80. The molecule has 6 nitrogen and oxygen atoms in total. The molecule has 0 amide bonds. The number of nitrogens with zero attached hydrogens (tertiary/aromatic N) is 5. The van der Waals surface area contributed by atoms with Crippen LogP contribution in [-0.4, -0.2) is 47.3 Å². The van der Waals surface area contributed by atoms with Gasteiger partial charge in [-0.1, -0.05) is 13.8 Å². The second kappa shape index (κ2) is 6.39. The van der Waals surface area contributed by atoms with Crippen LogP contribution in [0.2, 0.25) is 0 Å². The average Bonchev–Trinajstić information content (AvgIpc) is 3.02. The van der Waals surface area contributed by atoms with Crippen LogP contribution >= 0.6 is 0 Å². The van der Waals surface area contributed by atoms with Crippen LogP contribution in [-0.2, 0) is 10.8 Å². The van der Waals surface area contributed by atoms with E-state index in [-0.39, 0.29) is 4.75 Å². The lowest BCUT2D eigenvalue weighted by Crippen LogP contribution is -2.53. The molecule has 0 saturated carbocycles. The zero-order valence-electron chi connectivity index (χ0n) is 13.9. The van der Waals surface area contributed by atoms with Crippen LogP contribution in [0.25, 0.3) is 5.82 Å². The van der Waals surface area contributed by atoms with Gasteiger partial charge in [-0.05, 0) is 19.8 Å². The molecular formula is C16H23N5OS. The van der Waals surface area contributed by atoms with Crippen molar-refractivity contribution in [1.29, 1.82) is 0 Å². The summed E-state index contributed by atoms with van der Waals surface area (Å²) < 4.78 is 14.3. The highest BCUT2D eigenvalue weighted by Gasteiger charge is 2.39. The molecule has 124 valence electrons. The summed E-state index contributed by atoms with van der Waals surface area (Å²) in [5.41, 5.74) is 0. The first-order valence-electron chi connectivity index (χ1n) is 8.05. The van der Waals surface area contributed by atoms with Gasteiger partial charge in [-0.25, -0.2) is 9.97 Å². The molecular weight excluding hydrogens is 310 g/mol. The van der Waals surface area contributed by atoms with Gasteiger partial charge < -0.3 is 4.90 Å². The Kier molecular flexibility index (Phi) is 4.48. The molecule has 3 rings (SSSR count). The van der Waals surface area contributed by atoms with Crippen molar-refractivity contribution in [2.75, 3.05) is 23.7 Å². The minimum absolute atomic E-state index is 0.138. The summed E-state index contributed by atoms with van der Waals surface area (Å²) in [4.78, 5) is 15.5. The Balaban J connectivity index is 1.91. The summed E-state index contributed by atoms with van der Waals surface area (Å²) in [5.74, 6) is 3.19. The lowest BCUT2D eigenvalue weighted by molar-refractivity contribution is 0.494. The highest BCUT2D eigenvalue weighted by atomic mass is 32.2. The molecule has 0 spiro atoms. The predicted octanol–water partition coefficient (Wildman–Crippen LogP) is 2.10. The lowest BCUT2D eigenvalue weighted by Gasteiger charge is -2.41. The quantitative estimate of drug-likeness (QED) is 0.857. The van der Waals surface area contributed by atoms with Gasteiger partial charge in [0.15, 0.2) is 5.82 Å². The maximum Gasteiger partial charge on any atom is 0.159 e. The van der Waals surface area contributed by atoms with Crippen LogP contribution in [0.15, 0.2) is 24.8 Å². The van der Waals surface area contributed by atoms with E-state index in [0.717, 1.165) is 43.4 Å². The fourth-order valence-electron chi connectivity index (χ4n) is 3.13. The van der Waals surface area contributed by atoms with Gasteiger partial charge >= 0.3 is 0 Å². The van der Waals surface area contributed by atoms with Crippen molar-refractivity contribution in [1.82, 2.24) is 19.5 Å². The minimum Gasteiger partial charge on any atom is -0.353 e. The summed E-state index contributed by atoms with van der Waals surface area (Å²) in [5, 5.41) is 0. The van der Waals surface area contributed by atoms with E-state index in [1.807, 2.05) is 17.7 Å². The fourth-order valence-corrected chi connectivity index (χ4v) is 4.90. The van der Waals surface area contributed by atoms with E-state index in [4.69, 9.17) is 4.98 Å². The summed E-state index contributed by atoms with van der Waals surface area (Å²) in [7, 11) is -0.775. The van der Waals surface area contributed by atoms with Gasteiger partial charge in [0.05, 0.1) is 17.1 Å². The zero-order chi connectivity index (χ0) is 16.4. The number of aryl methyl sites for hydroxylation is 1. The summed E-state index contributed by atoms with van der Waals surface area (Å²) in [6, 6.07) is 0. The molecule has 1 fully saturated rings. The van der Waals surface area contributed by atoms with E-state index >= 15 is 0 Å². The van der Waals surface area contributed by atoms with Gasteiger partial charge in [0.1, 0.15) is 11.6 Å². The molecule has 0 aromatic carbocycles. The molecule has 1 unspecified atom stereocenters. The number of aromatic nitrogens is 4. The van der Waals surface area contributed by atoms with Crippen LogP contribution in [0.4, 0.5) is 5.82 Å². The Bertz CT molecular complexity index is 710. The smallest absolute Gasteiger partial charge is 0.159 e. The van der Waals surface area contributed by atoms with E-state index in [0.29, 0.717) is 5.75 Å². The number of hydrogen-bond donors (Lipinski definition) is 0.